The number of aryl methyl sites for hydroxylation is 1. The lowest BCUT2D eigenvalue weighted by Gasteiger charge is -2.07. The van der Waals surface area contributed by atoms with Gasteiger partial charge in [-0.25, -0.2) is 5.14 Å². The fraction of sp³-hybridized carbons (Fsp3) is 0.333. The van der Waals surface area contributed by atoms with E-state index in [1.807, 2.05) is 25.1 Å². The van der Waals surface area contributed by atoms with Gasteiger partial charge in [-0.2, -0.15) is 8.42 Å². The maximum atomic E-state index is 10.4. The summed E-state index contributed by atoms with van der Waals surface area (Å²) in [6, 6.07) is 7.42. The Labute approximate surface area is 89.1 Å². The van der Waals surface area contributed by atoms with E-state index in [0.717, 1.165) is 5.56 Å². The first-order valence-corrected chi connectivity index (χ1v) is 5.82. The average Bonchev–Trinajstić information content (AvgIpc) is 2.13. The van der Waals surface area contributed by atoms with Crippen molar-refractivity contribution in [1.29, 1.82) is 0 Å². The van der Waals surface area contributed by atoms with Crippen LogP contribution in [0.4, 0.5) is 0 Å². The Morgan fingerprint density at radius 2 is 1.93 bits per heavy atom. The van der Waals surface area contributed by atoms with Gasteiger partial charge in [-0.1, -0.05) is 18.2 Å². The minimum atomic E-state index is -3.87. The van der Waals surface area contributed by atoms with Crippen molar-refractivity contribution in [3.63, 3.8) is 0 Å². The normalized spacial score (nSPS) is 11.3. The highest BCUT2D eigenvalue weighted by atomic mass is 32.2. The van der Waals surface area contributed by atoms with Gasteiger partial charge in [0.1, 0.15) is 19.0 Å². The molecule has 0 aromatic heterocycles. The monoisotopic (exact) mass is 231 g/mol. The second kappa shape index (κ2) is 5.11. The SMILES string of the molecule is Cc1ccccc1OCCOS(N)(=O)=O. The molecule has 0 aliphatic heterocycles. The van der Waals surface area contributed by atoms with Crippen molar-refractivity contribution in [2.75, 3.05) is 13.2 Å². The van der Waals surface area contributed by atoms with Crippen LogP contribution in [0, 0.1) is 6.92 Å². The van der Waals surface area contributed by atoms with Gasteiger partial charge in [0.2, 0.25) is 0 Å². The van der Waals surface area contributed by atoms with Crippen molar-refractivity contribution in [1.82, 2.24) is 0 Å². The predicted octanol–water partition coefficient (Wildman–Crippen LogP) is 0.594. The number of hydrogen-bond acceptors (Lipinski definition) is 4. The Kier molecular flexibility index (Phi) is 4.07. The zero-order valence-electron chi connectivity index (χ0n) is 8.34. The molecule has 1 rings (SSSR count). The Morgan fingerprint density at radius 1 is 1.27 bits per heavy atom. The third kappa shape index (κ3) is 4.78. The molecule has 0 unspecified atom stereocenters. The Balaban J connectivity index is 2.36. The number of rotatable bonds is 5. The van der Waals surface area contributed by atoms with Crippen molar-refractivity contribution in [3.8, 4) is 5.75 Å². The summed E-state index contributed by atoms with van der Waals surface area (Å²) >= 11 is 0. The zero-order valence-corrected chi connectivity index (χ0v) is 9.16. The van der Waals surface area contributed by atoms with E-state index in [1.165, 1.54) is 0 Å². The molecule has 0 saturated heterocycles. The second-order valence-electron chi connectivity index (χ2n) is 2.93. The molecule has 6 heteroatoms. The number of benzene rings is 1. The van der Waals surface area contributed by atoms with Gasteiger partial charge in [0.05, 0.1) is 0 Å². The molecule has 0 bridgehead atoms. The van der Waals surface area contributed by atoms with Crippen LogP contribution in [0.25, 0.3) is 0 Å². The summed E-state index contributed by atoms with van der Waals surface area (Å²) in [4.78, 5) is 0. The molecule has 84 valence electrons. The molecule has 0 saturated carbocycles. The molecule has 0 radical (unpaired) electrons. The second-order valence-corrected chi connectivity index (χ2v) is 4.15. The maximum absolute atomic E-state index is 10.4. The van der Waals surface area contributed by atoms with E-state index in [4.69, 9.17) is 4.74 Å². The van der Waals surface area contributed by atoms with Crippen LogP contribution in [0.15, 0.2) is 24.3 Å². The topological polar surface area (TPSA) is 78.6 Å². The lowest BCUT2D eigenvalue weighted by molar-refractivity contribution is 0.220. The minimum absolute atomic E-state index is 0.0901. The third-order valence-electron chi connectivity index (χ3n) is 1.68. The first-order valence-electron chi connectivity index (χ1n) is 4.34. The maximum Gasteiger partial charge on any atom is 0.333 e. The molecule has 0 spiro atoms. The fourth-order valence-electron chi connectivity index (χ4n) is 1.02. The quantitative estimate of drug-likeness (QED) is 0.752. The highest BCUT2D eigenvalue weighted by Crippen LogP contribution is 2.15. The number of nitrogens with two attached hydrogens (primary N) is 1. The molecule has 0 amide bonds. The summed E-state index contributed by atoms with van der Waals surface area (Å²) in [7, 11) is -3.87. The molecule has 0 atom stereocenters. The van der Waals surface area contributed by atoms with E-state index >= 15 is 0 Å². The van der Waals surface area contributed by atoms with E-state index in [2.05, 4.69) is 9.32 Å². The van der Waals surface area contributed by atoms with Crippen LogP contribution in [0.5, 0.6) is 5.75 Å². The van der Waals surface area contributed by atoms with E-state index in [1.54, 1.807) is 6.07 Å². The smallest absolute Gasteiger partial charge is 0.333 e. The summed E-state index contributed by atoms with van der Waals surface area (Å²) in [6.45, 7) is 1.95. The highest BCUT2D eigenvalue weighted by Gasteiger charge is 2.02. The summed E-state index contributed by atoms with van der Waals surface area (Å²) < 4.78 is 30.4. The molecule has 2 N–H and O–H groups in total. The van der Waals surface area contributed by atoms with Crippen molar-refractivity contribution >= 4 is 10.3 Å². The average molecular weight is 231 g/mol. The van der Waals surface area contributed by atoms with Crippen LogP contribution in [-0.2, 0) is 14.5 Å². The molecule has 0 aliphatic rings. The largest absolute Gasteiger partial charge is 0.491 e. The summed E-state index contributed by atoms with van der Waals surface area (Å²) in [5, 5.41) is 4.64. The molecule has 15 heavy (non-hydrogen) atoms. The van der Waals surface area contributed by atoms with E-state index < -0.39 is 10.3 Å². The van der Waals surface area contributed by atoms with Gasteiger partial charge in [-0.15, -0.1) is 0 Å². The standard InChI is InChI=1S/C9H13NO4S/c1-8-4-2-3-5-9(8)13-6-7-14-15(10,11)12/h2-5H,6-7H2,1H3,(H2,10,11,12). The van der Waals surface area contributed by atoms with Gasteiger partial charge < -0.3 is 4.74 Å². The summed E-state index contributed by atoms with van der Waals surface area (Å²) in [5.41, 5.74) is 0.980. The highest BCUT2D eigenvalue weighted by molar-refractivity contribution is 7.84. The van der Waals surface area contributed by atoms with Crippen molar-refractivity contribution in [3.05, 3.63) is 29.8 Å². The predicted molar refractivity (Wildman–Crippen MR) is 55.7 cm³/mol. The first kappa shape index (κ1) is 12.0. The Morgan fingerprint density at radius 3 is 2.53 bits per heavy atom. The van der Waals surface area contributed by atoms with Crippen molar-refractivity contribution in [2.45, 2.75) is 6.92 Å². The zero-order chi connectivity index (χ0) is 11.3. The van der Waals surface area contributed by atoms with E-state index in [-0.39, 0.29) is 13.2 Å². The first-order chi connectivity index (χ1) is 6.99. The minimum Gasteiger partial charge on any atom is -0.491 e. The molecule has 1 aromatic rings. The lowest BCUT2D eigenvalue weighted by atomic mass is 10.2. The van der Waals surface area contributed by atoms with Crippen LogP contribution < -0.4 is 9.88 Å². The van der Waals surface area contributed by atoms with Gasteiger partial charge in [0, 0.05) is 0 Å². The number of para-hydroxylation sites is 1. The van der Waals surface area contributed by atoms with Gasteiger partial charge in [-0.3, -0.25) is 4.18 Å². The molecule has 0 heterocycles. The van der Waals surface area contributed by atoms with Gasteiger partial charge >= 0.3 is 10.3 Å². The van der Waals surface area contributed by atoms with Gasteiger partial charge in [0.15, 0.2) is 0 Å². The number of hydrogen-bond donors (Lipinski definition) is 1. The molecule has 5 nitrogen and oxygen atoms in total. The van der Waals surface area contributed by atoms with Crippen LogP contribution in [-0.4, -0.2) is 21.6 Å². The van der Waals surface area contributed by atoms with E-state index in [0.29, 0.717) is 5.75 Å². The molecular formula is C9H13NO4S. The molecule has 0 aliphatic carbocycles. The Bertz CT molecular complexity index is 416. The van der Waals surface area contributed by atoms with E-state index in [9.17, 15) is 8.42 Å². The van der Waals surface area contributed by atoms with Crippen LogP contribution in [0.2, 0.25) is 0 Å². The number of ether oxygens (including phenoxy) is 1. The molecule has 1 aromatic carbocycles. The van der Waals surface area contributed by atoms with Gasteiger partial charge in [-0.05, 0) is 18.6 Å². The van der Waals surface area contributed by atoms with Crippen molar-refractivity contribution in [2.24, 2.45) is 5.14 Å². The molecular weight excluding hydrogens is 218 g/mol. The van der Waals surface area contributed by atoms with Crippen LogP contribution in [0.3, 0.4) is 0 Å². The fourth-order valence-corrected chi connectivity index (χ4v) is 1.32. The lowest BCUT2D eigenvalue weighted by Crippen LogP contribution is -2.19. The summed E-state index contributed by atoms with van der Waals surface area (Å²) in [5.74, 6) is 0.704. The van der Waals surface area contributed by atoms with Crippen LogP contribution >= 0.6 is 0 Å². The van der Waals surface area contributed by atoms with Crippen molar-refractivity contribution < 1.29 is 17.3 Å². The third-order valence-corrected chi connectivity index (χ3v) is 2.18. The molecule has 0 fully saturated rings. The van der Waals surface area contributed by atoms with Gasteiger partial charge in [0.25, 0.3) is 0 Å². The summed E-state index contributed by atoms with van der Waals surface area (Å²) in [6.07, 6.45) is 0. The Hall–Kier alpha value is -1.11. The van der Waals surface area contributed by atoms with Crippen LogP contribution in [0.1, 0.15) is 5.56 Å².